The van der Waals surface area contributed by atoms with Gasteiger partial charge in [0.15, 0.2) is 12.0 Å². The zero-order valence-electron chi connectivity index (χ0n) is 23.5. The number of carbonyl (C=O) groups excluding carboxylic acids is 3. The summed E-state index contributed by atoms with van der Waals surface area (Å²) in [5.74, 6) is -1.13. The van der Waals surface area contributed by atoms with Crippen molar-refractivity contribution >= 4 is 24.7 Å². The van der Waals surface area contributed by atoms with Crippen molar-refractivity contribution in [3.63, 3.8) is 0 Å². The van der Waals surface area contributed by atoms with Gasteiger partial charge in [0, 0.05) is 24.8 Å². The molecule has 9 atom stereocenters. The van der Waals surface area contributed by atoms with E-state index in [1.165, 1.54) is 13.3 Å². The van der Waals surface area contributed by atoms with Crippen molar-refractivity contribution in [1.29, 1.82) is 0 Å². The van der Waals surface area contributed by atoms with Crippen LogP contribution in [0, 0.1) is 35.0 Å². The fourth-order valence-electron chi connectivity index (χ4n) is 8.84. The van der Waals surface area contributed by atoms with Crippen LogP contribution >= 0.6 is 0 Å². The molecule has 6 rings (SSSR count). The molecule has 2 N–H and O–H groups in total. The summed E-state index contributed by atoms with van der Waals surface area (Å²) in [5.41, 5.74) is -1.76. The molecule has 2 amide bonds. The molecule has 0 aromatic heterocycles. The standard InChI is InChI=1S/C28H44BFN2O5/c1-15(33)31-28(24(35)32-25(2,3)4)14-16-11-19(34)23(30)22(16)18(28)9-8-10-29-36-21-13-17-12-20(26(17,5)6)27(21,7)37-29/h16-18,20-23H,8-14H2,1-7H3,(H,31,33)(H,32,35)/t16-,17+,18+,20+,21-,22-,23+,27+,28+/m1/s1. The predicted molar refractivity (Wildman–Crippen MR) is 138 cm³/mol. The number of hydrogen-bond acceptors (Lipinski definition) is 5. The fraction of sp³-hybridized carbons (Fsp3) is 0.893. The smallest absolute Gasteiger partial charge is 0.405 e. The molecule has 6 aliphatic rings. The van der Waals surface area contributed by atoms with Crippen LogP contribution in [0.5, 0.6) is 0 Å². The highest BCUT2D eigenvalue weighted by Gasteiger charge is 2.68. The van der Waals surface area contributed by atoms with Gasteiger partial charge in [0.1, 0.15) is 5.54 Å². The highest BCUT2D eigenvalue weighted by molar-refractivity contribution is 6.45. The van der Waals surface area contributed by atoms with Crippen molar-refractivity contribution in [2.24, 2.45) is 35.0 Å². The van der Waals surface area contributed by atoms with E-state index in [0.29, 0.717) is 31.0 Å². The number of amides is 2. The number of carbonyl (C=O) groups is 3. The fourth-order valence-corrected chi connectivity index (χ4v) is 8.84. The van der Waals surface area contributed by atoms with E-state index in [1.807, 2.05) is 20.8 Å². The summed E-state index contributed by atoms with van der Waals surface area (Å²) in [6.45, 7) is 13.9. The van der Waals surface area contributed by atoms with E-state index in [9.17, 15) is 14.4 Å². The van der Waals surface area contributed by atoms with Crippen molar-refractivity contribution in [2.75, 3.05) is 0 Å². The third kappa shape index (κ3) is 4.27. The minimum absolute atomic E-state index is 0.101. The highest BCUT2D eigenvalue weighted by atomic mass is 19.1. The summed E-state index contributed by atoms with van der Waals surface area (Å²) in [5, 5.41) is 5.98. The van der Waals surface area contributed by atoms with Gasteiger partial charge >= 0.3 is 7.12 Å². The molecule has 1 saturated heterocycles. The Balaban J connectivity index is 1.32. The van der Waals surface area contributed by atoms with Crippen molar-refractivity contribution < 1.29 is 28.1 Å². The zero-order chi connectivity index (χ0) is 27.1. The Morgan fingerprint density at radius 1 is 1.19 bits per heavy atom. The monoisotopic (exact) mass is 518 g/mol. The Kier molecular flexibility index (Phi) is 6.42. The molecular formula is C28H44BFN2O5. The van der Waals surface area contributed by atoms with Crippen LogP contribution in [-0.4, -0.2) is 53.7 Å². The van der Waals surface area contributed by atoms with Gasteiger partial charge in [-0.15, -0.1) is 0 Å². The predicted octanol–water partition coefficient (Wildman–Crippen LogP) is 3.85. The lowest BCUT2D eigenvalue weighted by Crippen LogP contribution is -2.65. The van der Waals surface area contributed by atoms with Crippen molar-refractivity contribution in [3.05, 3.63) is 0 Å². The van der Waals surface area contributed by atoms with E-state index in [1.54, 1.807) is 0 Å². The lowest BCUT2D eigenvalue weighted by Gasteiger charge is -2.64. The Labute approximate surface area is 220 Å². The van der Waals surface area contributed by atoms with Crippen molar-refractivity contribution in [3.8, 4) is 0 Å². The number of ketones is 1. The lowest BCUT2D eigenvalue weighted by molar-refractivity contribution is -0.199. The van der Waals surface area contributed by atoms with Crippen LogP contribution in [0.15, 0.2) is 0 Å². The first-order valence-electron chi connectivity index (χ1n) is 14.2. The molecule has 5 saturated carbocycles. The number of halogens is 1. The van der Waals surface area contributed by atoms with Crippen LogP contribution in [0.3, 0.4) is 0 Å². The molecule has 2 bridgehead atoms. The summed E-state index contributed by atoms with van der Waals surface area (Å²) in [6.07, 6.45) is 2.93. The van der Waals surface area contributed by atoms with E-state index < -0.39 is 29.1 Å². The second-order valence-electron chi connectivity index (χ2n) is 14.4. The van der Waals surface area contributed by atoms with Crippen molar-refractivity contribution in [2.45, 2.75) is 122 Å². The van der Waals surface area contributed by atoms with Gasteiger partial charge in [0.05, 0.1) is 11.7 Å². The van der Waals surface area contributed by atoms with Gasteiger partial charge in [-0.2, -0.15) is 0 Å². The Bertz CT molecular complexity index is 984. The average Bonchev–Trinajstić information content (AvgIpc) is 3.34. The first-order chi connectivity index (χ1) is 17.1. The van der Waals surface area contributed by atoms with Gasteiger partial charge in [-0.05, 0) is 88.8 Å². The topological polar surface area (TPSA) is 93.7 Å². The largest absolute Gasteiger partial charge is 0.457 e. The van der Waals surface area contributed by atoms with E-state index in [-0.39, 0.29) is 60.6 Å². The molecule has 1 aliphatic heterocycles. The molecule has 206 valence electrons. The molecule has 0 aromatic carbocycles. The Morgan fingerprint density at radius 3 is 2.51 bits per heavy atom. The molecule has 1 heterocycles. The summed E-state index contributed by atoms with van der Waals surface area (Å²) < 4.78 is 28.2. The first-order valence-corrected chi connectivity index (χ1v) is 14.2. The molecular weight excluding hydrogens is 474 g/mol. The van der Waals surface area contributed by atoms with E-state index in [4.69, 9.17) is 9.31 Å². The summed E-state index contributed by atoms with van der Waals surface area (Å²) >= 11 is 0. The van der Waals surface area contributed by atoms with Crippen LogP contribution in [-0.2, 0) is 23.7 Å². The maximum atomic E-state index is 15.3. The van der Waals surface area contributed by atoms with Crippen LogP contribution in [0.1, 0.15) is 87.0 Å². The minimum atomic E-state index is -1.59. The van der Waals surface area contributed by atoms with Crippen LogP contribution < -0.4 is 10.6 Å². The van der Waals surface area contributed by atoms with E-state index in [0.717, 1.165) is 6.42 Å². The van der Waals surface area contributed by atoms with Gasteiger partial charge < -0.3 is 19.9 Å². The molecule has 0 aromatic rings. The van der Waals surface area contributed by atoms with Gasteiger partial charge in [0.25, 0.3) is 0 Å². The first kappa shape index (κ1) is 27.1. The number of Topliss-reactive ketones (excluding diaryl/α,β-unsaturated/α-hetero) is 1. The molecule has 6 fully saturated rings. The number of alkyl halides is 1. The summed E-state index contributed by atoms with van der Waals surface area (Å²) in [6, 6.07) is 0. The summed E-state index contributed by atoms with van der Waals surface area (Å²) in [4.78, 5) is 38.4. The molecule has 0 unspecified atom stereocenters. The number of hydrogen-bond donors (Lipinski definition) is 2. The number of rotatable bonds is 6. The Hall–Kier alpha value is -1.48. The normalized spacial score (nSPS) is 43.7. The number of fused-ring (bicyclic) bond motifs is 1. The third-order valence-electron chi connectivity index (χ3n) is 10.6. The van der Waals surface area contributed by atoms with Crippen molar-refractivity contribution in [1.82, 2.24) is 10.6 Å². The molecule has 9 heteroatoms. The van der Waals surface area contributed by atoms with E-state index >= 15 is 4.39 Å². The summed E-state index contributed by atoms with van der Waals surface area (Å²) in [7, 11) is -0.327. The van der Waals surface area contributed by atoms with E-state index in [2.05, 4.69) is 31.4 Å². The second kappa shape index (κ2) is 8.77. The van der Waals surface area contributed by atoms with Gasteiger partial charge in [0.2, 0.25) is 11.8 Å². The minimum Gasteiger partial charge on any atom is -0.405 e. The molecule has 0 radical (unpaired) electrons. The average molecular weight is 518 g/mol. The maximum Gasteiger partial charge on any atom is 0.457 e. The molecule has 37 heavy (non-hydrogen) atoms. The Morgan fingerprint density at radius 2 is 1.89 bits per heavy atom. The quantitative estimate of drug-likeness (QED) is 0.521. The number of nitrogens with one attached hydrogen (secondary N) is 2. The maximum absolute atomic E-state index is 15.3. The molecule has 0 spiro atoms. The van der Waals surface area contributed by atoms with Crippen LogP contribution in [0.2, 0.25) is 6.32 Å². The third-order valence-corrected chi connectivity index (χ3v) is 10.6. The van der Waals surface area contributed by atoms with Crippen LogP contribution in [0.25, 0.3) is 0 Å². The zero-order valence-corrected chi connectivity index (χ0v) is 23.5. The van der Waals surface area contributed by atoms with Gasteiger partial charge in [-0.25, -0.2) is 4.39 Å². The van der Waals surface area contributed by atoms with Gasteiger partial charge in [-0.1, -0.05) is 20.3 Å². The highest BCUT2D eigenvalue weighted by Crippen LogP contribution is 2.66. The SMILES string of the molecule is CC(=O)N[C@@]1(C(=O)NC(C)(C)C)C[C@H]2CC(=O)[C@H](F)[C@H]2[C@@H]1CCCB1O[C@@H]2C[C@@H]3C[C@@H](C3(C)C)[C@]2(C)O1. The molecule has 7 nitrogen and oxygen atoms in total. The van der Waals surface area contributed by atoms with Gasteiger partial charge in [-0.3, -0.25) is 14.4 Å². The lowest BCUT2D eigenvalue weighted by atomic mass is 9.43. The second-order valence-corrected chi connectivity index (χ2v) is 14.4. The van der Waals surface area contributed by atoms with Crippen LogP contribution in [0.4, 0.5) is 4.39 Å². The molecule has 5 aliphatic carbocycles.